The number of nitriles is 1. The number of piperazine rings is 1. The molecule has 3 rings (SSSR count). The van der Waals surface area contributed by atoms with Gasteiger partial charge in [-0.25, -0.2) is 4.39 Å². The lowest BCUT2D eigenvalue weighted by molar-refractivity contribution is -0.139. The van der Waals surface area contributed by atoms with Crippen molar-refractivity contribution in [3.05, 3.63) is 59.4 Å². The minimum atomic E-state index is -0.574. The summed E-state index contributed by atoms with van der Waals surface area (Å²) in [5.41, 5.74) is 1.78. The van der Waals surface area contributed by atoms with Crippen LogP contribution in [0.4, 0.5) is 4.39 Å². The van der Waals surface area contributed by atoms with Crippen molar-refractivity contribution in [3.63, 3.8) is 0 Å². The van der Waals surface area contributed by atoms with Crippen LogP contribution >= 0.6 is 0 Å². The normalized spacial score (nSPS) is 17.0. The second-order valence-corrected chi connectivity index (χ2v) is 6.48. The minimum absolute atomic E-state index is 0.0425. The van der Waals surface area contributed by atoms with E-state index in [1.165, 1.54) is 12.1 Å². The maximum absolute atomic E-state index is 13.6. The molecule has 1 aliphatic heterocycles. The smallest absolute Gasteiger partial charge is 0.254 e. The Morgan fingerprint density at radius 3 is 2.67 bits per heavy atom. The number of likely N-dealkylation sites (N-methyl/N-ethyl adjacent to an activating group) is 1. The molecule has 1 saturated heterocycles. The van der Waals surface area contributed by atoms with Crippen LogP contribution in [-0.4, -0.2) is 47.3 Å². The Morgan fingerprint density at radius 2 is 1.96 bits per heavy atom. The average molecular weight is 365 g/mol. The SMILES string of the molecule is CCN1CCN(C(=O)c2cccc(-c3ccc(F)c(C#N)c3)c2)C(C)C1=O. The molecule has 0 saturated carbocycles. The van der Waals surface area contributed by atoms with Gasteiger partial charge in [-0.1, -0.05) is 18.2 Å². The highest BCUT2D eigenvalue weighted by Crippen LogP contribution is 2.24. The van der Waals surface area contributed by atoms with E-state index in [1.54, 1.807) is 47.1 Å². The second-order valence-electron chi connectivity index (χ2n) is 6.48. The van der Waals surface area contributed by atoms with Crippen molar-refractivity contribution >= 4 is 11.8 Å². The Labute approximate surface area is 157 Å². The van der Waals surface area contributed by atoms with Crippen LogP contribution in [0.15, 0.2) is 42.5 Å². The lowest BCUT2D eigenvalue weighted by Gasteiger charge is -2.38. The molecule has 2 aromatic carbocycles. The molecule has 2 amide bonds. The van der Waals surface area contributed by atoms with E-state index >= 15 is 0 Å². The Morgan fingerprint density at radius 1 is 1.22 bits per heavy atom. The molecule has 27 heavy (non-hydrogen) atoms. The van der Waals surface area contributed by atoms with Gasteiger partial charge >= 0.3 is 0 Å². The Balaban J connectivity index is 1.89. The van der Waals surface area contributed by atoms with Gasteiger partial charge in [0.2, 0.25) is 5.91 Å². The molecule has 5 nitrogen and oxygen atoms in total. The van der Waals surface area contributed by atoms with Gasteiger partial charge in [-0.2, -0.15) is 5.26 Å². The van der Waals surface area contributed by atoms with Crippen LogP contribution in [0.2, 0.25) is 0 Å². The molecule has 0 aliphatic carbocycles. The third-order valence-electron chi connectivity index (χ3n) is 4.92. The van der Waals surface area contributed by atoms with Gasteiger partial charge in [0.05, 0.1) is 5.56 Å². The molecule has 6 heteroatoms. The van der Waals surface area contributed by atoms with Crippen molar-refractivity contribution in [1.29, 1.82) is 5.26 Å². The third-order valence-corrected chi connectivity index (χ3v) is 4.92. The molecule has 1 unspecified atom stereocenters. The van der Waals surface area contributed by atoms with E-state index in [0.717, 1.165) is 0 Å². The van der Waals surface area contributed by atoms with Crippen LogP contribution in [0, 0.1) is 17.1 Å². The van der Waals surface area contributed by atoms with E-state index < -0.39 is 11.9 Å². The summed E-state index contributed by atoms with van der Waals surface area (Å²) < 4.78 is 13.6. The molecule has 138 valence electrons. The van der Waals surface area contributed by atoms with Crippen LogP contribution in [0.1, 0.15) is 29.8 Å². The van der Waals surface area contributed by atoms with Crippen LogP contribution < -0.4 is 0 Å². The molecule has 1 fully saturated rings. The number of carbonyl (C=O) groups is 2. The fraction of sp³-hybridized carbons (Fsp3) is 0.286. The van der Waals surface area contributed by atoms with Gasteiger partial charge < -0.3 is 9.80 Å². The molecular formula is C21H20FN3O2. The van der Waals surface area contributed by atoms with E-state index in [1.807, 2.05) is 13.0 Å². The van der Waals surface area contributed by atoms with Crippen LogP contribution in [0.25, 0.3) is 11.1 Å². The molecule has 0 radical (unpaired) electrons. The zero-order valence-electron chi connectivity index (χ0n) is 15.3. The highest BCUT2D eigenvalue weighted by Gasteiger charge is 2.33. The summed E-state index contributed by atoms with van der Waals surface area (Å²) in [5, 5.41) is 9.01. The highest BCUT2D eigenvalue weighted by atomic mass is 19.1. The fourth-order valence-corrected chi connectivity index (χ4v) is 3.31. The van der Waals surface area contributed by atoms with Gasteiger partial charge in [0.25, 0.3) is 5.91 Å². The number of amides is 2. The van der Waals surface area contributed by atoms with Gasteiger partial charge in [-0.15, -0.1) is 0 Å². The number of halogens is 1. The molecule has 0 aromatic heterocycles. The third kappa shape index (κ3) is 3.54. The van der Waals surface area contributed by atoms with Crippen molar-refractivity contribution in [2.75, 3.05) is 19.6 Å². The predicted octanol–water partition coefficient (Wildman–Crippen LogP) is 3.06. The van der Waals surface area contributed by atoms with Crippen LogP contribution in [-0.2, 0) is 4.79 Å². The van der Waals surface area contributed by atoms with Gasteiger partial charge in [-0.3, -0.25) is 9.59 Å². The predicted molar refractivity (Wildman–Crippen MR) is 99.3 cm³/mol. The summed E-state index contributed by atoms with van der Waals surface area (Å²) in [6.45, 7) is 5.30. The lowest BCUT2D eigenvalue weighted by Crippen LogP contribution is -2.57. The summed E-state index contributed by atoms with van der Waals surface area (Å²) in [4.78, 5) is 28.6. The molecule has 0 bridgehead atoms. The van der Waals surface area contributed by atoms with Crippen LogP contribution in [0.5, 0.6) is 0 Å². The largest absolute Gasteiger partial charge is 0.339 e. The van der Waals surface area contributed by atoms with E-state index in [2.05, 4.69) is 0 Å². The van der Waals surface area contributed by atoms with Crippen molar-refractivity contribution in [2.24, 2.45) is 0 Å². The van der Waals surface area contributed by atoms with Crippen LogP contribution in [0.3, 0.4) is 0 Å². The standard InChI is InChI=1S/C21H20FN3O2/c1-3-24-9-10-25(14(2)20(24)26)21(27)17-6-4-5-15(11-17)16-7-8-19(22)18(12-16)13-23/h4-8,11-12,14H,3,9-10H2,1-2H3. The zero-order chi connectivity index (χ0) is 19.6. The minimum Gasteiger partial charge on any atom is -0.339 e. The number of hydrogen-bond donors (Lipinski definition) is 0. The maximum atomic E-state index is 13.6. The molecule has 1 heterocycles. The first-order valence-electron chi connectivity index (χ1n) is 8.86. The van der Waals surface area contributed by atoms with E-state index in [9.17, 15) is 14.0 Å². The number of nitrogens with zero attached hydrogens (tertiary/aromatic N) is 3. The number of benzene rings is 2. The lowest BCUT2D eigenvalue weighted by atomic mass is 10.00. The Hall–Kier alpha value is -3.20. The summed E-state index contributed by atoms with van der Waals surface area (Å²) in [6.07, 6.45) is 0. The highest BCUT2D eigenvalue weighted by molar-refractivity contribution is 5.99. The second kappa shape index (κ2) is 7.58. The van der Waals surface area contributed by atoms with Gasteiger partial charge in [-0.05, 0) is 49.2 Å². The molecule has 2 aromatic rings. The summed E-state index contributed by atoms with van der Waals surface area (Å²) in [7, 11) is 0. The number of rotatable bonds is 3. The molecule has 1 aliphatic rings. The van der Waals surface area contributed by atoms with Crippen molar-refractivity contribution in [2.45, 2.75) is 19.9 Å². The van der Waals surface area contributed by atoms with Crippen molar-refractivity contribution < 1.29 is 14.0 Å². The maximum Gasteiger partial charge on any atom is 0.254 e. The molecule has 0 N–H and O–H groups in total. The number of carbonyl (C=O) groups excluding carboxylic acids is 2. The van der Waals surface area contributed by atoms with Gasteiger partial charge in [0, 0.05) is 25.2 Å². The molecule has 0 spiro atoms. The molecule has 1 atom stereocenters. The molecular weight excluding hydrogens is 345 g/mol. The Kier molecular flexibility index (Phi) is 5.22. The van der Waals surface area contributed by atoms with Crippen molar-refractivity contribution in [1.82, 2.24) is 9.80 Å². The first-order valence-corrected chi connectivity index (χ1v) is 8.86. The first kappa shape index (κ1) is 18.6. The summed E-state index contributed by atoms with van der Waals surface area (Å²) >= 11 is 0. The van der Waals surface area contributed by atoms with E-state index in [-0.39, 0.29) is 17.4 Å². The fourth-order valence-electron chi connectivity index (χ4n) is 3.31. The zero-order valence-corrected chi connectivity index (χ0v) is 15.3. The average Bonchev–Trinajstić information content (AvgIpc) is 2.70. The first-order chi connectivity index (χ1) is 13.0. The quantitative estimate of drug-likeness (QED) is 0.840. The summed E-state index contributed by atoms with van der Waals surface area (Å²) in [6, 6.07) is 12.5. The van der Waals surface area contributed by atoms with E-state index in [4.69, 9.17) is 5.26 Å². The van der Waals surface area contributed by atoms with Gasteiger partial charge in [0.1, 0.15) is 17.9 Å². The van der Waals surface area contributed by atoms with Crippen molar-refractivity contribution in [3.8, 4) is 17.2 Å². The topological polar surface area (TPSA) is 64.4 Å². The Bertz CT molecular complexity index is 935. The monoisotopic (exact) mass is 365 g/mol. The van der Waals surface area contributed by atoms with Gasteiger partial charge in [0.15, 0.2) is 0 Å². The van der Waals surface area contributed by atoms with E-state index in [0.29, 0.717) is 36.3 Å². The summed E-state index contributed by atoms with van der Waals surface area (Å²) in [5.74, 6) is -0.837. The number of hydrogen-bond acceptors (Lipinski definition) is 3.